The summed E-state index contributed by atoms with van der Waals surface area (Å²) in [4.78, 5) is 26.4. The lowest BCUT2D eigenvalue weighted by atomic mass is 9.52. The molecule has 2 aliphatic carbocycles. The topological polar surface area (TPSA) is 79.5 Å². The molecule has 0 aliphatic heterocycles. The SMILES string of the molecule is CC1(C)C(=O)C(C#N)=CC2(C)c3nc(-c4ccccn4)ncc3CCC12. The first-order valence-corrected chi connectivity index (χ1v) is 8.83. The van der Waals surface area contributed by atoms with E-state index in [2.05, 4.69) is 23.0 Å². The predicted octanol–water partition coefficient (Wildman–Crippen LogP) is 3.42. The van der Waals surface area contributed by atoms with Gasteiger partial charge >= 0.3 is 0 Å². The van der Waals surface area contributed by atoms with Gasteiger partial charge in [-0.15, -0.1) is 0 Å². The van der Waals surface area contributed by atoms with Crippen LogP contribution in [0, 0.1) is 22.7 Å². The van der Waals surface area contributed by atoms with Gasteiger partial charge in [-0.25, -0.2) is 9.97 Å². The van der Waals surface area contributed by atoms with Gasteiger partial charge in [-0.05, 0) is 36.5 Å². The summed E-state index contributed by atoms with van der Waals surface area (Å²) < 4.78 is 0. The van der Waals surface area contributed by atoms with Gasteiger partial charge in [0, 0.05) is 23.2 Å². The fraction of sp³-hybridized carbons (Fsp3) is 0.381. The van der Waals surface area contributed by atoms with Crippen LogP contribution in [-0.2, 0) is 16.6 Å². The molecule has 2 aliphatic rings. The van der Waals surface area contributed by atoms with Gasteiger partial charge in [0.25, 0.3) is 0 Å². The van der Waals surface area contributed by atoms with Crippen LogP contribution in [0.4, 0.5) is 0 Å². The van der Waals surface area contributed by atoms with Crippen LogP contribution in [0.5, 0.6) is 0 Å². The summed E-state index contributed by atoms with van der Waals surface area (Å²) in [7, 11) is 0. The van der Waals surface area contributed by atoms with Gasteiger partial charge in [-0.2, -0.15) is 5.26 Å². The molecule has 0 amide bonds. The molecule has 2 unspecified atom stereocenters. The highest BCUT2D eigenvalue weighted by molar-refractivity contribution is 6.04. The number of aryl methyl sites for hydroxylation is 1. The number of pyridine rings is 1. The number of allylic oxidation sites excluding steroid dienone is 2. The lowest BCUT2D eigenvalue weighted by Crippen LogP contribution is -2.51. The van der Waals surface area contributed by atoms with Crippen LogP contribution >= 0.6 is 0 Å². The average molecular weight is 344 g/mol. The van der Waals surface area contributed by atoms with Crippen LogP contribution in [-0.4, -0.2) is 20.7 Å². The first-order chi connectivity index (χ1) is 12.4. The minimum Gasteiger partial charge on any atom is -0.293 e. The van der Waals surface area contributed by atoms with Crippen LogP contribution in [0.1, 0.15) is 38.4 Å². The third kappa shape index (κ3) is 2.22. The largest absolute Gasteiger partial charge is 0.293 e. The molecule has 0 N–H and O–H groups in total. The van der Waals surface area contributed by atoms with Crippen molar-refractivity contribution in [2.24, 2.45) is 11.3 Å². The van der Waals surface area contributed by atoms with E-state index in [-0.39, 0.29) is 17.3 Å². The second-order valence-electron chi connectivity index (χ2n) is 7.88. The molecular formula is C21H20N4O. The Bertz CT molecular complexity index is 971. The van der Waals surface area contributed by atoms with Crippen LogP contribution in [0.2, 0.25) is 0 Å². The van der Waals surface area contributed by atoms with Crippen molar-refractivity contribution in [2.45, 2.75) is 39.0 Å². The maximum atomic E-state index is 12.7. The van der Waals surface area contributed by atoms with E-state index >= 15 is 0 Å². The number of hydrogen-bond donors (Lipinski definition) is 0. The number of aromatic nitrogens is 3. The van der Waals surface area contributed by atoms with E-state index in [9.17, 15) is 10.1 Å². The fourth-order valence-corrected chi connectivity index (χ4v) is 4.67. The number of fused-ring (bicyclic) bond motifs is 3. The lowest BCUT2D eigenvalue weighted by molar-refractivity contribution is -0.128. The average Bonchev–Trinajstić information content (AvgIpc) is 2.65. The Balaban J connectivity index is 1.94. The minimum absolute atomic E-state index is 0.0649. The molecule has 5 nitrogen and oxygen atoms in total. The molecule has 0 saturated carbocycles. The van der Waals surface area contributed by atoms with Crippen molar-refractivity contribution < 1.29 is 4.79 Å². The smallest absolute Gasteiger partial charge is 0.178 e. The number of nitriles is 1. The van der Waals surface area contributed by atoms with Crippen molar-refractivity contribution in [3.8, 4) is 17.6 Å². The maximum absolute atomic E-state index is 12.7. The van der Waals surface area contributed by atoms with E-state index < -0.39 is 10.8 Å². The zero-order valence-corrected chi connectivity index (χ0v) is 15.2. The Morgan fingerprint density at radius 3 is 2.73 bits per heavy atom. The van der Waals surface area contributed by atoms with E-state index in [1.165, 1.54) is 0 Å². The molecule has 0 fully saturated rings. The third-order valence-electron chi connectivity index (χ3n) is 5.96. The number of carbonyl (C=O) groups excluding carboxylic acids is 1. The molecule has 2 aromatic rings. The van der Waals surface area contributed by atoms with Crippen LogP contribution in [0.25, 0.3) is 11.5 Å². The molecule has 2 heterocycles. The molecule has 2 aromatic heterocycles. The highest BCUT2D eigenvalue weighted by Crippen LogP contribution is 2.54. The summed E-state index contributed by atoms with van der Waals surface area (Å²) in [6, 6.07) is 7.75. The Labute approximate surface area is 152 Å². The van der Waals surface area contributed by atoms with Crippen molar-refractivity contribution in [2.75, 3.05) is 0 Å². The van der Waals surface area contributed by atoms with Crippen molar-refractivity contribution in [1.82, 2.24) is 15.0 Å². The zero-order chi connectivity index (χ0) is 18.5. The molecular weight excluding hydrogens is 324 g/mol. The zero-order valence-electron chi connectivity index (χ0n) is 15.2. The molecule has 0 spiro atoms. The Morgan fingerprint density at radius 1 is 1.23 bits per heavy atom. The highest BCUT2D eigenvalue weighted by Gasteiger charge is 2.54. The predicted molar refractivity (Wildman–Crippen MR) is 96.9 cm³/mol. The van der Waals surface area contributed by atoms with Gasteiger partial charge in [0.2, 0.25) is 0 Å². The molecule has 2 atom stereocenters. The monoisotopic (exact) mass is 344 g/mol. The molecule has 5 heteroatoms. The molecule has 0 saturated heterocycles. The Hall–Kier alpha value is -2.87. The minimum atomic E-state index is -0.595. The molecule has 4 rings (SSSR count). The summed E-state index contributed by atoms with van der Waals surface area (Å²) in [5, 5.41) is 9.50. The second-order valence-corrected chi connectivity index (χ2v) is 7.88. The lowest BCUT2D eigenvalue weighted by Gasteiger charge is -2.50. The van der Waals surface area contributed by atoms with Crippen molar-refractivity contribution >= 4 is 5.78 Å². The third-order valence-corrected chi connectivity index (χ3v) is 5.96. The van der Waals surface area contributed by atoms with Gasteiger partial charge in [0.1, 0.15) is 11.8 Å². The molecule has 26 heavy (non-hydrogen) atoms. The first kappa shape index (κ1) is 16.6. The van der Waals surface area contributed by atoms with Crippen molar-refractivity contribution in [1.29, 1.82) is 5.26 Å². The quantitative estimate of drug-likeness (QED) is 0.792. The van der Waals surface area contributed by atoms with Crippen molar-refractivity contribution in [3.05, 3.63) is 53.5 Å². The molecule has 130 valence electrons. The van der Waals surface area contributed by atoms with Gasteiger partial charge < -0.3 is 0 Å². The summed E-state index contributed by atoms with van der Waals surface area (Å²) >= 11 is 0. The van der Waals surface area contributed by atoms with Gasteiger partial charge in [-0.1, -0.05) is 32.9 Å². The van der Waals surface area contributed by atoms with E-state index in [1.54, 1.807) is 6.20 Å². The van der Waals surface area contributed by atoms with Crippen LogP contribution < -0.4 is 0 Å². The van der Waals surface area contributed by atoms with Crippen LogP contribution in [0.3, 0.4) is 0 Å². The summed E-state index contributed by atoms with van der Waals surface area (Å²) in [5.74, 6) is 0.608. The number of carbonyl (C=O) groups is 1. The number of rotatable bonds is 1. The maximum Gasteiger partial charge on any atom is 0.178 e. The molecule has 0 bridgehead atoms. The van der Waals surface area contributed by atoms with Gasteiger partial charge in [0.05, 0.1) is 11.3 Å². The molecule has 0 radical (unpaired) electrons. The Kier molecular flexibility index (Phi) is 3.55. The number of Topliss-reactive ketones (excluding diaryl/α,β-unsaturated/α-hetero) is 1. The van der Waals surface area contributed by atoms with E-state index in [0.29, 0.717) is 5.82 Å². The number of nitrogens with zero attached hydrogens (tertiary/aromatic N) is 4. The highest BCUT2D eigenvalue weighted by atomic mass is 16.1. The first-order valence-electron chi connectivity index (χ1n) is 8.83. The second kappa shape index (κ2) is 5.57. The van der Waals surface area contributed by atoms with E-state index in [1.807, 2.05) is 44.3 Å². The Morgan fingerprint density at radius 2 is 2.04 bits per heavy atom. The van der Waals surface area contributed by atoms with E-state index in [0.717, 1.165) is 29.8 Å². The summed E-state index contributed by atoms with van der Waals surface area (Å²) in [5.41, 5.74) is 1.89. The summed E-state index contributed by atoms with van der Waals surface area (Å²) in [6.07, 6.45) is 7.14. The normalized spacial score (nSPS) is 26.3. The van der Waals surface area contributed by atoms with Gasteiger partial charge in [0.15, 0.2) is 11.6 Å². The summed E-state index contributed by atoms with van der Waals surface area (Å²) in [6.45, 7) is 6.00. The van der Waals surface area contributed by atoms with E-state index in [4.69, 9.17) is 4.98 Å². The number of hydrogen-bond acceptors (Lipinski definition) is 5. The van der Waals surface area contributed by atoms with Crippen LogP contribution in [0.15, 0.2) is 42.2 Å². The van der Waals surface area contributed by atoms with Gasteiger partial charge in [-0.3, -0.25) is 9.78 Å². The standard InChI is InChI=1S/C21H20N4O/c1-20(2)16-8-7-13-12-24-19(15-6-4-5-9-23-15)25-17(13)21(16,3)10-14(11-22)18(20)26/h4-6,9-10,12,16H,7-8H2,1-3H3. The fourth-order valence-electron chi connectivity index (χ4n) is 4.67. The number of ketones is 1. The van der Waals surface area contributed by atoms with Crippen molar-refractivity contribution in [3.63, 3.8) is 0 Å². The molecule has 0 aromatic carbocycles.